The number of halogens is 5. The van der Waals surface area contributed by atoms with Crippen molar-refractivity contribution in [2.75, 3.05) is 26.4 Å². The van der Waals surface area contributed by atoms with E-state index in [9.17, 15) is 22.0 Å². The van der Waals surface area contributed by atoms with Crippen molar-refractivity contribution < 1.29 is 31.4 Å². The first-order valence-electron chi connectivity index (χ1n) is 11.2. The molecule has 0 aliphatic rings. The first-order chi connectivity index (χ1) is 14.5. The summed E-state index contributed by atoms with van der Waals surface area (Å²) in [5.41, 5.74) is -0.704. The van der Waals surface area contributed by atoms with Gasteiger partial charge in [-0.3, -0.25) is 0 Å². The summed E-state index contributed by atoms with van der Waals surface area (Å²) >= 11 is 0. The van der Waals surface area contributed by atoms with Crippen LogP contribution in [0.5, 0.6) is 0 Å². The molecule has 0 heterocycles. The number of rotatable bonds is 18. The summed E-state index contributed by atoms with van der Waals surface area (Å²) in [6.45, 7) is 5.04. The summed E-state index contributed by atoms with van der Waals surface area (Å²) in [7, 11) is 0. The Balaban J connectivity index is 1.95. The zero-order valence-electron chi connectivity index (χ0n) is 18.0. The average Bonchev–Trinajstić information content (AvgIpc) is 2.75. The summed E-state index contributed by atoms with van der Waals surface area (Å²) < 4.78 is 77.2. The van der Waals surface area contributed by atoms with Crippen LogP contribution in [0.25, 0.3) is 0 Å². The van der Waals surface area contributed by atoms with E-state index in [1.807, 2.05) is 6.92 Å². The molecule has 0 saturated carbocycles. The molecule has 7 heteroatoms. The normalized spacial score (nSPS) is 11.4. The van der Waals surface area contributed by atoms with Gasteiger partial charge in [0.05, 0.1) is 0 Å². The Labute approximate surface area is 177 Å². The first-order valence-corrected chi connectivity index (χ1v) is 11.2. The van der Waals surface area contributed by atoms with Crippen LogP contribution in [0.4, 0.5) is 22.0 Å². The number of ether oxygens (including phenoxy) is 2. The van der Waals surface area contributed by atoms with Crippen molar-refractivity contribution in [3.63, 3.8) is 0 Å². The van der Waals surface area contributed by atoms with Gasteiger partial charge in [0.2, 0.25) is 5.82 Å². The van der Waals surface area contributed by atoms with Crippen molar-refractivity contribution in [3.8, 4) is 0 Å². The van der Waals surface area contributed by atoms with Crippen molar-refractivity contribution in [1.82, 2.24) is 0 Å². The number of unbranched alkanes of at least 4 members (excludes halogenated alkanes) is 9. The van der Waals surface area contributed by atoms with Crippen LogP contribution in [-0.4, -0.2) is 26.4 Å². The van der Waals surface area contributed by atoms with Gasteiger partial charge in [-0.05, 0) is 32.6 Å². The molecule has 0 atom stereocenters. The molecule has 1 aromatic rings. The minimum Gasteiger partial charge on any atom is -0.382 e. The third kappa shape index (κ3) is 10.2. The molecule has 0 unspecified atom stereocenters. The van der Waals surface area contributed by atoms with Crippen molar-refractivity contribution >= 4 is 0 Å². The van der Waals surface area contributed by atoms with E-state index in [0.717, 1.165) is 71.4 Å². The molecule has 0 aromatic heterocycles. The second-order valence-electron chi connectivity index (χ2n) is 7.50. The molecule has 0 fully saturated rings. The summed E-state index contributed by atoms with van der Waals surface area (Å²) in [4.78, 5) is 0. The van der Waals surface area contributed by atoms with Crippen LogP contribution < -0.4 is 0 Å². The SMILES string of the molecule is CCOCCCOCCCCCCCCCCCCc1c(F)c(F)c(F)c(F)c1F. The third-order valence-electron chi connectivity index (χ3n) is 5.05. The Kier molecular flexibility index (Phi) is 14.7. The molecule has 0 bridgehead atoms. The van der Waals surface area contributed by atoms with Gasteiger partial charge in [-0.1, -0.05) is 51.4 Å². The van der Waals surface area contributed by atoms with E-state index in [1.54, 1.807) is 0 Å². The maximum atomic E-state index is 13.6. The lowest BCUT2D eigenvalue weighted by atomic mass is 10.0. The lowest BCUT2D eigenvalue weighted by Gasteiger charge is -2.08. The molecule has 0 saturated heterocycles. The molecule has 2 nitrogen and oxygen atoms in total. The molecule has 30 heavy (non-hydrogen) atoms. The topological polar surface area (TPSA) is 18.5 Å². The van der Waals surface area contributed by atoms with Crippen LogP contribution in [0.2, 0.25) is 0 Å². The van der Waals surface area contributed by atoms with Gasteiger partial charge in [-0.15, -0.1) is 0 Å². The fourth-order valence-electron chi connectivity index (χ4n) is 3.30. The van der Waals surface area contributed by atoms with E-state index in [4.69, 9.17) is 9.47 Å². The molecular weight excluding hydrogens is 403 g/mol. The van der Waals surface area contributed by atoms with Gasteiger partial charge in [0.15, 0.2) is 23.3 Å². The molecule has 0 N–H and O–H groups in total. The minimum atomic E-state index is -2.10. The highest BCUT2D eigenvalue weighted by Gasteiger charge is 2.24. The van der Waals surface area contributed by atoms with E-state index < -0.39 is 34.6 Å². The zero-order chi connectivity index (χ0) is 22.2. The lowest BCUT2D eigenvalue weighted by Crippen LogP contribution is -2.07. The molecule has 0 radical (unpaired) electrons. The highest BCUT2D eigenvalue weighted by Crippen LogP contribution is 2.24. The Morgan fingerprint density at radius 1 is 0.467 bits per heavy atom. The average molecular weight is 439 g/mol. The fraction of sp³-hybridized carbons (Fsp3) is 0.739. The second-order valence-corrected chi connectivity index (χ2v) is 7.50. The summed E-state index contributed by atoms with van der Waals surface area (Å²) in [6, 6.07) is 0. The third-order valence-corrected chi connectivity index (χ3v) is 5.05. The Morgan fingerprint density at radius 3 is 1.40 bits per heavy atom. The Morgan fingerprint density at radius 2 is 0.867 bits per heavy atom. The van der Waals surface area contributed by atoms with Crippen LogP contribution in [0.15, 0.2) is 0 Å². The molecule has 174 valence electrons. The highest BCUT2D eigenvalue weighted by atomic mass is 19.2. The van der Waals surface area contributed by atoms with Crippen molar-refractivity contribution in [3.05, 3.63) is 34.6 Å². The van der Waals surface area contributed by atoms with E-state index in [0.29, 0.717) is 12.8 Å². The Hall–Kier alpha value is -1.21. The van der Waals surface area contributed by atoms with E-state index in [2.05, 4.69) is 0 Å². The zero-order valence-corrected chi connectivity index (χ0v) is 18.0. The number of hydrogen-bond acceptors (Lipinski definition) is 2. The van der Waals surface area contributed by atoms with Crippen molar-refractivity contribution in [1.29, 1.82) is 0 Å². The van der Waals surface area contributed by atoms with Gasteiger partial charge in [0.1, 0.15) is 0 Å². The van der Waals surface area contributed by atoms with Gasteiger partial charge >= 0.3 is 0 Å². The summed E-state index contributed by atoms with van der Waals surface area (Å²) in [5.74, 6) is -9.24. The molecule has 1 aromatic carbocycles. The Bertz CT molecular complexity index is 566. The quantitative estimate of drug-likeness (QED) is 0.104. The van der Waals surface area contributed by atoms with Gasteiger partial charge in [0, 0.05) is 32.0 Å². The van der Waals surface area contributed by atoms with Crippen LogP contribution in [0.3, 0.4) is 0 Å². The largest absolute Gasteiger partial charge is 0.382 e. The number of hydrogen-bond donors (Lipinski definition) is 0. The first kappa shape index (κ1) is 26.8. The summed E-state index contributed by atoms with van der Waals surface area (Å²) in [5, 5.41) is 0. The smallest absolute Gasteiger partial charge is 0.200 e. The second kappa shape index (κ2) is 16.5. The minimum absolute atomic E-state index is 0.139. The maximum absolute atomic E-state index is 13.6. The standard InChI is InChI=1S/C23H35F5O2/c1-2-29-16-13-17-30-15-12-10-8-6-4-3-5-7-9-11-14-18-19(24)21(26)23(28)22(27)20(18)25/h2-17H2,1H3. The van der Waals surface area contributed by atoms with Gasteiger partial charge in [0.25, 0.3) is 0 Å². The molecule has 0 aliphatic heterocycles. The predicted octanol–water partition coefficient (Wildman–Crippen LogP) is 7.27. The van der Waals surface area contributed by atoms with E-state index in [1.165, 1.54) is 12.8 Å². The number of benzene rings is 1. The fourth-order valence-corrected chi connectivity index (χ4v) is 3.30. The van der Waals surface area contributed by atoms with Gasteiger partial charge < -0.3 is 9.47 Å². The van der Waals surface area contributed by atoms with Crippen LogP contribution in [-0.2, 0) is 15.9 Å². The van der Waals surface area contributed by atoms with E-state index >= 15 is 0 Å². The molecular formula is C23H35F5O2. The van der Waals surface area contributed by atoms with Crippen LogP contribution in [0, 0.1) is 29.1 Å². The molecule has 0 aliphatic carbocycles. The summed E-state index contributed by atoms with van der Waals surface area (Å²) in [6.07, 6.45) is 10.7. The molecule has 0 spiro atoms. The van der Waals surface area contributed by atoms with Gasteiger partial charge in [-0.25, -0.2) is 22.0 Å². The molecule has 1 rings (SSSR count). The monoisotopic (exact) mass is 438 g/mol. The highest BCUT2D eigenvalue weighted by molar-refractivity contribution is 5.24. The van der Waals surface area contributed by atoms with Crippen LogP contribution in [0.1, 0.15) is 83.1 Å². The van der Waals surface area contributed by atoms with Crippen LogP contribution >= 0.6 is 0 Å². The van der Waals surface area contributed by atoms with Gasteiger partial charge in [-0.2, -0.15) is 0 Å². The van der Waals surface area contributed by atoms with Crippen molar-refractivity contribution in [2.24, 2.45) is 0 Å². The predicted molar refractivity (Wildman–Crippen MR) is 108 cm³/mol. The van der Waals surface area contributed by atoms with Crippen molar-refractivity contribution in [2.45, 2.75) is 84.0 Å². The molecule has 0 amide bonds. The lowest BCUT2D eigenvalue weighted by molar-refractivity contribution is 0.0860. The van der Waals surface area contributed by atoms with E-state index in [-0.39, 0.29) is 6.42 Å². The maximum Gasteiger partial charge on any atom is 0.200 e.